The molecule has 1 unspecified atom stereocenters. The molecule has 1 heterocycles. The van der Waals surface area contributed by atoms with E-state index in [4.69, 9.17) is 4.42 Å². The second-order valence-electron chi connectivity index (χ2n) is 5.55. The van der Waals surface area contributed by atoms with E-state index < -0.39 is 0 Å². The highest BCUT2D eigenvalue weighted by atomic mass is 16.3. The molecule has 0 saturated carbocycles. The molecule has 0 fully saturated rings. The summed E-state index contributed by atoms with van der Waals surface area (Å²) >= 11 is 0. The van der Waals surface area contributed by atoms with Crippen molar-refractivity contribution in [2.75, 3.05) is 20.1 Å². The number of nitrogens with one attached hydrogen (secondary N) is 1. The van der Waals surface area contributed by atoms with E-state index >= 15 is 0 Å². The van der Waals surface area contributed by atoms with Crippen LogP contribution in [0.2, 0.25) is 0 Å². The Kier molecular flexibility index (Phi) is 6.03. The van der Waals surface area contributed by atoms with E-state index in [1.165, 1.54) is 11.1 Å². The van der Waals surface area contributed by atoms with Gasteiger partial charge in [-0.15, -0.1) is 0 Å². The van der Waals surface area contributed by atoms with E-state index in [-0.39, 0.29) is 0 Å². The maximum Gasteiger partial charge on any atom is 0.105 e. The predicted molar refractivity (Wildman–Crippen MR) is 87.3 cm³/mol. The van der Waals surface area contributed by atoms with Gasteiger partial charge in [-0.1, -0.05) is 37.3 Å². The summed E-state index contributed by atoms with van der Waals surface area (Å²) in [6.45, 7) is 7.14. The van der Waals surface area contributed by atoms with Crippen molar-refractivity contribution in [3.63, 3.8) is 0 Å². The third kappa shape index (κ3) is 4.45. The van der Waals surface area contributed by atoms with Gasteiger partial charge in [0.25, 0.3) is 0 Å². The first-order chi connectivity index (χ1) is 10.2. The number of likely N-dealkylation sites (N-methyl/N-ethyl adjacent to an activating group) is 1. The second-order valence-corrected chi connectivity index (χ2v) is 5.55. The maximum absolute atomic E-state index is 5.41. The van der Waals surface area contributed by atoms with Crippen molar-refractivity contribution in [3.8, 4) is 0 Å². The number of hydrogen-bond acceptors (Lipinski definition) is 3. The van der Waals surface area contributed by atoms with Crippen LogP contribution in [0, 0.1) is 6.92 Å². The standard InChI is InChI=1S/C18H26N2O/c1-4-11-19-13-18(16-8-6-5-7-9-16)20(3)14-17-10-12-21-15(17)2/h5-10,12,18-19H,4,11,13-14H2,1-3H3. The van der Waals surface area contributed by atoms with Crippen molar-refractivity contribution >= 4 is 0 Å². The lowest BCUT2D eigenvalue weighted by Gasteiger charge is -2.29. The fraction of sp³-hybridized carbons (Fsp3) is 0.444. The molecule has 0 radical (unpaired) electrons. The molecule has 0 bridgehead atoms. The van der Waals surface area contributed by atoms with Gasteiger partial charge in [0.1, 0.15) is 5.76 Å². The van der Waals surface area contributed by atoms with Crippen molar-refractivity contribution in [1.29, 1.82) is 0 Å². The van der Waals surface area contributed by atoms with Crippen molar-refractivity contribution in [3.05, 3.63) is 59.5 Å². The van der Waals surface area contributed by atoms with Crippen LogP contribution >= 0.6 is 0 Å². The Morgan fingerprint density at radius 1 is 1.19 bits per heavy atom. The predicted octanol–water partition coefficient (Wildman–Crippen LogP) is 3.76. The summed E-state index contributed by atoms with van der Waals surface area (Å²) in [4.78, 5) is 2.38. The molecular formula is C18H26N2O. The second kappa shape index (κ2) is 8.01. The summed E-state index contributed by atoms with van der Waals surface area (Å²) in [6, 6.07) is 13.1. The van der Waals surface area contributed by atoms with Crippen LogP contribution < -0.4 is 5.32 Å². The lowest BCUT2D eigenvalue weighted by molar-refractivity contribution is 0.229. The van der Waals surface area contributed by atoms with E-state index in [9.17, 15) is 0 Å². The van der Waals surface area contributed by atoms with Gasteiger partial charge in [-0.2, -0.15) is 0 Å². The third-order valence-corrected chi connectivity index (χ3v) is 3.87. The molecule has 1 atom stereocenters. The van der Waals surface area contributed by atoms with Crippen LogP contribution in [0.4, 0.5) is 0 Å². The lowest BCUT2D eigenvalue weighted by atomic mass is 10.0. The van der Waals surface area contributed by atoms with Gasteiger partial charge in [0, 0.05) is 24.7 Å². The molecular weight excluding hydrogens is 260 g/mol. The molecule has 2 aromatic rings. The third-order valence-electron chi connectivity index (χ3n) is 3.87. The normalized spacial score (nSPS) is 12.8. The number of nitrogens with zero attached hydrogens (tertiary/aromatic N) is 1. The van der Waals surface area contributed by atoms with Crippen LogP contribution in [0.15, 0.2) is 47.1 Å². The Morgan fingerprint density at radius 3 is 2.57 bits per heavy atom. The summed E-state index contributed by atoms with van der Waals surface area (Å²) in [5, 5.41) is 3.54. The molecule has 0 aliphatic heterocycles. The van der Waals surface area contributed by atoms with Gasteiger partial charge in [0.05, 0.1) is 6.26 Å². The zero-order chi connectivity index (χ0) is 15.1. The Bertz CT molecular complexity index is 521. The molecule has 1 aromatic heterocycles. The fourth-order valence-corrected chi connectivity index (χ4v) is 2.57. The topological polar surface area (TPSA) is 28.4 Å². The van der Waals surface area contributed by atoms with Gasteiger partial charge in [0.2, 0.25) is 0 Å². The summed E-state index contributed by atoms with van der Waals surface area (Å²) in [6.07, 6.45) is 2.93. The number of aryl methyl sites for hydroxylation is 1. The van der Waals surface area contributed by atoms with Gasteiger partial charge < -0.3 is 9.73 Å². The zero-order valence-corrected chi connectivity index (χ0v) is 13.3. The van der Waals surface area contributed by atoms with Crippen molar-refractivity contribution in [2.24, 2.45) is 0 Å². The molecule has 2 rings (SSSR count). The summed E-state index contributed by atoms with van der Waals surface area (Å²) in [7, 11) is 2.18. The molecule has 21 heavy (non-hydrogen) atoms. The monoisotopic (exact) mass is 286 g/mol. The average molecular weight is 286 g/mol. The van der Waals surface area contributed by atoms with Crippen LogP contribution in [0.1, 0.15) is 36.3 Å². The first-order valence-electron chi connectivity index (χ1n) is 7.71. The minimum absolute atomic E-state index is 0.368. The molecule has 0 saturated heterocycles. The number of furan rings is 1. The van der Waals surface area contributed by atoms with Gasteiger partial charge in [0.15, 0.2) is 0 Å². The van der Waals surface area contributed by atoms with Crippen LogP contribution in [0.25, 0.3) is 0 Å². The molecule has 114 valence electrons. The lowest BCUT2D eigenvalue weighted by Crippen LogP contribution is -2.33. The smallest absolute Gasteiger partial charge is 0.105 e. The Morgan fingerprint density at radius 2 is 1.95 bits per heavy atom. The summed E-state index contributed by atoms with van der Waals surface area (Å²) < 4.78 is 5.41. The van der Waals surface area contributed by atoms with Gasteiger partial charge in [-0.25, -0.2) is 0 Å². The average Bonchev–Trinajstić information content (AvgIpc) is 2.90. The molecule has 1 aromatic carbocycles. The highest BCUT2D eigenvalue weighted by Crippen LogP contribution is 2.22. The van der Waals surface area contributed by atoms with Crippen LogP contribution in [-0.2, 0) is 6.54 Å². The zero-order valence-electron chi connectivity index (χ0n) is 13.3. The fourth-order valence-electron chi connectivity index (χ4n) is 2.57. The molecule has 3 nitrogen and oxygen atoms in total. The van der Waals surface area contributed by atoms with Gasteiger partial charge in [-0.3, -0.25) is 4.90 Å². The van der Waals surface area contributed by atoms with Crippen molar-refractivity contribution in [2.45, 2.75) is 32.9 Å². The highest BCUT2D eigenvalue weighted by Gasteiger charge is 2.17. The minimum atomic E-state index is 0.368. The maximum atomic E-state index is 5.41. The molecule has 3 heteroatoms. The largest absolute Gasteiger partial charge is 0.469 e. The number of hydrogen-bond donors (Lipinski definition) is 1. The summed E-state index contributed by atoms with van der Waals surface area (Å²) in [5.41, 5.74) is 2.61. The van der Waals surface area contributed by atoms with E-state index in [0.29, 0.717) is 6.04 Å². The molecule has 0 aliphatic carbocycles. The Labute approximate surface area is 128 Å². The van der Waals surface area contributed by atoms with Crippen LogP contribution in [0.5, 0.6) is 0 Å². The first-order valence-corrected chi connectivity index (χ1v) is 7.71. The Balaban J connectivity index is 2.08. The van der Waals surface area contributed by atoms with Gasteiger partial charge in [-0.05, 0) is 38.6 Å². The molecule has 0 aliphatic rings. The molecule has 0 spiro atoms. The van der Waals surface area contributed by atoms with E-state index in [2.05, 4.69) is 60.6 Å². The molecule has 0 amide bonds. The number of benzene rings is 1. The van der Waals surface area contributed by atoms with Crippen LogP contribution in [-0.4, -0.2) is 25.0 Å². The highest BCUT2D eigenvalue weighted by molar-refractivity contribution is 5.21. The minimum Gasteiger partial charge on any atom is -0.469 e. The van der Waals surface area contributed by atoms with Crippen molar-refractivity contribution in [1.82, 2.24) is 10.2 Å². The number of rotatable bonds is 8. The Hall–Kier alpha value is -1.58. The quantitative estimate of drug-likeness (QED) is 0.749. The summed E-state index contributed by atoms with van der Waals surface area (Å²) in [5.74, 6) is 1.01. The SMILES string of the molecule is CCCNCC(c1ccccc1)N(C)Cc1ccoc1C. The van der Waals surface area contributed by atoms with Crippen molar-refractivity contribution < 1.29 is 4.42 Å². The van der Waals surface area contributed by atoms with E-state index in [0.717, 1.165) is 31.8 Å². The van der Waals surface area contributed by atoms with Gasteiger partial charge >= 0.3 is 0 Å². The molecule has 1 N–H and O–H groups in total. The van der Waals surface area contributed by atoms with E-state index in [1.54, 1.807) is 6.26 Å². The van der Waals surface area contributed by atoms with Crippen LogP contribution in [0.3, 0.4) is 0 Å². The van der Waals surface area contributed by atoms with E-state index in [1.807, 2.05) is 6.92 Å². The first kappa shape index (κ1) is 15.8.